The van der Waals surface area contributed by atoms with Crippen molar-refractivity contribution in [3.63, 3.8) is 0 Å². The molecule has 0 unspecified atom stereocenters. The Hall–Kier alpha value is -2.81. The van der Waals surface area contributed by atoms with Crippen molar-refractivity contribution in [1.29, 1.82) is 0 Å². The number of hydrogen-bond acceptors (Lipinski definition) is 1. The molecule has 0 saturated heterocycles. The highest BCUT2D eigenvalue weighted by atomic mass is 16.2. The Labute approximate surface area is 181 Å². The van der Waals surface area contributed by atoms with Gasteiger partial charge in [-0.2, -0.15) is 0 Å². The number of hydrogen-bond donors (Lipinski definition) is 0. The van der Waals surface area contributed by atoms with Gasteiger partial charge in [-0.05, 0) is 55.2 Å². The number of aromatic nitrogens is 1. The third kappa shape index (κ3) is 5.85. The highest BCUT2D eigenvalue weighted by Crippen LogP contribution is 2.16. The average Bonchev–Trinajstić information content (AvgIpc) is 3.19. The molecule has 3 heteroatoms. The second kappa shape index (κ2) is 10.8. The molecule has 3 aromatic rings. The van der Waals surface area contributed by atoms with Crippen LogP contribution in [0.25, 0.3) is 0 Å². The number of rotatable bonds is 10. The van der Waals surface area contributed by atoms with Gasteiger partial charge in [0, 0.05) is 30.5 Å². The first kappa shape index (κ1) is 21.9. The van der Waals surface area contributed by atoms with Crippen LogP contribution in [0.3, 0.4) is 0 Å². The molecule has 0 atom stereocenters. The molecule has 0 aliphatic heterocycles. The van der Waals surface area contributed by atoms with E-state index in [1.807, 2.05) is 17.0 Å². The second-order valence-corrected chi connectivity index (χ2v) is 8.10. The quantitative estimate of drug-likeness (QED) is 0.369. The molecular weight excluding hydrogens is 368 g/mol. The number of benzene rings is 2. The van der Waals surface area contributed by atoms with Crippen LogP contribution in [-0.4, -0.2) is 21.9 Å². The first-order valence-corrected chi connectivity index (χ1v) is 11.2. The Balaban J connectivity index is 1.77. The fourth-order valence-corrected chi connectivity index (χ4v) is 3.82. The molecule has 1 heterocycles. The van der Waals surface area contributed by atoms with Gasteiger partial charge in [-0.3, -0.25) is 4.79 Å². The van der Waals surface area contributed by atoms with Gasteiger partial charge in [-0.15, -0.1) is 0 Å². The zero-order valence-electron chi connectivity index (χ0n) is 18.6. The van der Waals surface area contributed by atoms with Gasteiger partial charge < -0.3 is 9.47 Å². The molecule has 0 N–H and O–H groups in total. The van der Waals surface area contributed by atoms with Crippen LogP contribution < -0.4 is 0 Å². The molecule has 158 valence electrons. The number of aryl methyl sites for hydroxylation is 2. The van der Waals surface area contributed by atoms with Gasteiger partial charge >= 0.3 is 0 Å². The molecule has 1 aromatic heterocycles. The second-order valence-electron chi connectivity index (χ2n) is 8.10. The third-order valence-electron chi connectivity index (χ3n) is 5.64. The normalized spacial score (nSPS) is 10.9. The number of amides is 1. The van der Waals surface area contributed by atoms with Crippen LogP contribution in [0.4, 0.5) is 0 Å². The summed E-state index contributed by atoms with van der Waals surface area (Å²) in [6, 6.07) is 20.9. The third-order valence-corrected chi connectivity index (χ3v) is 5.64. The van der Waals surface area contributed by atoms with Gasteiger partial charge in [0.15, 0.2) is 0 Å². The maximum Gasteiger partial charge on any atom is 0.254 e. The summed E-state index contributed by atoms with van der Waals surface area (Å²) in [6.45, 7) is 8.71. The molecule has 1 amide bonds. The van der Waals surface area contributed by atoms with Crippen LogP contribution in [0, 0.1) is 6.92 Å². The van der Waals surface area contributed by atoms with Crippen LogP contribution in [-0.2, 0) is 19.5 Å². The summed E-state index contributed by atoms with van der Waals surface area (Å²) in [6.07, 6.45) is 6.43. The molecule has 0 aliphatic carbocycles. The zero-order valence-corrected chi connectivity index (χ0v) is 18.6. The molecule has 30 heavy (non-hydrogen) atoms. The number of nitrogens with zero attached hydrogens (tertiary/aromatic N) is 2. The lowest BCUT2D eigenvalue weighted by Gasteiger charge is -2.24. The SMILES string of the molecule is CCCCCN(Cc1cccn1Cc1cccc(C)c1)C(=O)c1ccc(CC)cc1. The van der Waals surface area contributed by atoms with E-state index in [1.54, 1.807) is 0 Å². The lowest BCUT2D eigenvalue weighted by molar-refractivity contribution is 0.0736. The van der Waals surface area contributed by atoms with Crippen molar-refractivity contribution in [3.05, 3.63) is 94.8 Å². The highest BCUT2D eigenvalue weighted by molar-refractivity contribution is 5.94. The Bertz CT molecular complexity index is 940. The van der Waals surface area contributed by atoms with Crippen molar-refractivity contribution in [3.8, 4) is 0 Å². The molecule has 3 rings (SSSR count). The maximum absolute atomic E-state index is 13.3. The molecular formula is C27H34N2O. The molecule has 0 aliphatic rings. The lowest BCUT2D eigenvalue weighted by atomic mass is 10.1. The van der Waals surface area contributed by atoms with E-state index in [2.05, 4.69) is 80.1 Å². The van der Waals surface area contributed by atoms with Crippen LogP contribution >= 0.6 is 0 Å². The number of unbranched alkanes of at least 4 members (excludes halogenated alkanes) is 2. The number of carbonyl (C=O) groups excluding carboxylic acids is 1. The highest BCUT2D eigenvalue weighted by Gasteiger charge is 2.17. The summed E-state index contributed by atoms with van der Waals surface area (Å²) in [5.74, 6) is 0.122. The monoisotopic (exact) mass is 402 g/mol. The van der Waals surface area contributed by atoms with Crippen molar-refractivity contribution in [2.24, 2.45) is 0 Å². The lowest BCUT2D eigenvalue weighted by Crippen LogP contribution is -2.32. The molecule has 2 aromatic carbocycles. The molecule has 0 bridgehead atoms. The Kier molecular flexibility index (Phi) is 7.89. The zero-order chi connectivity index (χ0) is 21.3. The Morgan fingerprint density at radius 1 is 0.933 bits per heavy atom. The summed E-state index contributed by atoms with van der Waals surface area (Å²) >= 11 is 0. The van der Waals surface area contributed by atoms with Crippen molar-refractivity contribution in [1.82, 2.24) is 9.47 Å². The van der Waals surface area contributed by atoms with Gasteiger partial charge in [-0.25, -0.2) is 0 Å². The van der Waals surface area contributed by atoms with E-state index in [0.717, 1.165) is 44.3 Å². The van der Waals surface area contributed by atoms with Crippen LogP contribution in [0.2, 0.25) is 0 Å². The topological polar surface area (TPSA) is 25.2 Å². The van der Waals surface area contributed by atoms with Crippen molar-refractivity contribution < 1.29 is 4.79 Å². The van der Waals surface area contributed by atoms with Gasteiger partial charge in [0.25, 0.3) is 5.91 Å². The molecule has 0 fully saturated rings. The van der Waals surface area contributed by atoms with E-state index in [-0.39, 0.29) is 5.91 Å². The Morgan fingerprint density at radius 2 is 1.73 bits per heavy atom. The molecule has 0 spiro atoms. The Morgan fingerprint density at radius 3 is 2.43 bits per heavy atom. The summed E-state index contributed by atoms with van der Waals surface area (Å²) in [5, 5.41) is 0. The van der Waals surface area contributed by atoms with Gasteiger partial charge in [0.05, 0.1) is 6.54 Å². The summed E-state index contributed by atoms with van der Waals surface area (Å²) < 4.78 is 2.26. The van der Waals surface area contributed by atoms with E-state index in [4.69, 9.17) is 0 Å². The van der Waals surface area contributed by atoms with E-state index in [1.165, 1.54) is 22.4 Å². The summed E-state index contributed by atoms with van der Waals surface area (Å²) in [7, 11) is 0. The van der Waals surface area contributed by atoms with Crippen LogP contribution in [0.15, 0.2) is 66.9 Å². The van der Waals surface area contributed by atoms with Crippen molar-refractivity contribution in [2.75, 3.05) is 6.54 Å². The molecule has 3 nitrogen and oxygen atoms in total. The number of carbonyl (C=O) groups is 1. The van der Waals surface area contributed by atoms with Gasteiger partial charge in [-0.1, -0.05) is 68.7 Å². The van der Waals surface area contributed by atoms with E-state index >= 15 is 0 Å². The first-order valence-electron chi connectivity index (χ1n) is 11.2. The van der Waals surface area contributed by atoms with Gasteiger partial charge in [0.1, 0.15) is 0 Å². The summed E-state index contributed by atoms with van der Waals surface area (Å²) in [4.78, 5) is 15.3. The minimum absolute atomic E-state index is 0.122. The minimum atomic E-state index is 0.122. The fourth-order valence-electron chi connectivity index (χ4n) is 3.82. The van der Waals surface area contributed by atoms with Crippen molar-refractivity contribution in [2.45, 2.75) is 59.5 Å². The van der Waals surface area contributed by atoms with Crippen LogP contribution in [0.5, 0.6) is 0 Å². The fraction of sp³-hybridized carbons (Fsp3) is 0.370. The van der Waals surface area contributed by atoms with Gasteiger partial charge in [0.2, 0.25) is 0 Å². The van der Waals surface area contributed by atoms with E-state index in [9.17, 15) is 4.79 Å². The molecule has 0 radical (unpaired) electrons. The predicted molar refractivity (Wildman–Crippen MR) is 125 cm³/mol. The van der Waals surface area contributed by atoms with E-state index < -0.39 is 0 Å². The maximum atomic E-state index is 13.3. The summed E-state index contributed by atoms with van der Waals surface area (Å²) in [5.41, 5.74) is 5.77. The largest absolute Gasteiger partial charge is 0.345 e. The first-order chi connectivity index (χ1) is 14.6. The smallest absolute Gasteiger partial charge is 0.254 e. The standard InChI is InChI=1S/C27H34N2O/c1-4-6-7-17-29(27(30)25-15-13-23(5-2)14-16-25)21-26-12-9-18-28(26)20-24-11-8-10-22(3)19-24/h8-16,18-19H,4-7,17,20-21H2,1-3H3. The molecule has 0 saturated carbocycles. The van der Waals surface area contributed by atoms with Crippen LogP contribution in [0.1, 0.15) is 65.9 Å². The van der Waals surface area contributed by atoms with Crippen molar-refractivity contribution >= 4 is 5.91 Å². The van der Waals surface area contributed by atoms with E-state index in [0.29, 0.717) is 6.54 Å². The average molecular weight is 403 g/mol. The minimum Gasteiger partial charge on any atom is -0.345 e. The predicted octanol–water partition coefficient (Wildman–Crippen LogP) is 6.24.